The van der Waals surface area contributed by atoms with Gasteiger partial charge in [0.15, 0.2) is 0 Å². The molecule has 0 saturated carbocycles. The van der Waals surface area contributed by atoms with E-state index in [0.717, 1.165) is 37.2 Å². The zero-order chi connectivity index (χ0) is 23.6. The lowest BCUT2D eigenvalue weighted by Gasteiger charge is -2.31. The van der Waals surface area contributed by atoms with Gasteiger partial charge in [0.1, 0.15) is 6.54 Å². The summed E-state index contributed by atoms with van der Waals surface area (Å²) in [6.07, 6.45) is 3.35. The molecule has 2 aromatic rings. The molecule has 0 aromatic heterocycles. The first-order chi connectivity index (χ1) is 16.0. The number of hydrogen-bond donors (Lipinski definition) is 3. The molecule has 8 nitrogen and oxygen atoms in total. The van der Waals surface area contributed by atoms with Gasteiger partial charge >= 0.3 is 12.0 Å². The third-order valence-corrected chi connectivity index (χ3v) is 5.54. The van der Waals surface area contributed by atoms with Gasteiger partial charge in [-0.05, 0) is 56.9 Å². The lowest BCUT2D eigenvalue weighted by Crippen LogP contribution is -2.35. The van der Waals surface area contributed by atoms with Gasteiger partial charge in [0.05, 0.1) is 18.2 Å². The molecule has 1 fully saturated rings. The highest BCUT2D eigenvalue weighted by Crippen LogP contribution is 2.28. The predicted molar refractivity (Wildman–Crippen MR) is 128 cm³/mol. The fourth-order valence-electron chi connectivity index (χ4n) is 3.85. The first kappa shape index (κ1) is 24.1. The van der Waals surface area contributed by atoms with Crippen LogP contribution >= 0.6 is 0 Å². The summed E-state index contributed by atoms with van der Waals surface area (Å²) in [7, 11) is 0. The van der Waals surface area contributed by atoms with Gasteiger partial charge < -0.3 is 25.6 Å². The molecular formula is C25H32N4O4. The predicted octanol–water partition coefficient (Wildman–Crippen LogP) is 3.85. The number of anilines is 2. The second-order valence-corrected chi connectivity index (χ2v) is 8.00. The van der Waals surface area contributed by atoms with Crippen LogP contribution in [0.1, 0.15) is 55.1 Å². The lowest BCUT2D eigenvalue weighted by atomic mass is 10.0. The van der Waals surface area contributed by atoms with Crippen LogP contribution in [0.4, 0.5) is 16.2 Å². The van der Waals surface area contributed by atoms with Crippen molar-refractivity contribution in [2.75, 3.05) is 36.5 Å². The minimum atomic E-state index is -0.544. The Labute approximate surface area is 194 Å². The molecule has 3 rings (SSSR count). The monoisotopic (exact) mass is 452 g/mol. The van der Waals surface area contributed by atoms with E-state index >= 15 is 0 Å². The standard InChI is InChI=1S/C25H32N4O4/c1-3-33-23(30)17-26-25(32)28-20-12-13-22(29-14-8-5-9-15-29)21(16-20)24(31)27-18(2)19-10-6-4-7-11-19/h4,6-7,10-13,16,18H,3,5,8-9,14-15,17H2,1-2H3,(H,27,31)(H2,26,28,32). The quantitative estimate of drug-likeness (QED) is 0.528. The molecule has 33 heavy (non-hydrogen) atoms. The summed E-state index contributed by atoms with van der Waals surface area (Å²) in [6.45, 7) is 5.45. The van der Waals surface area contributed by atoms with Crippen molar-refractivity contribution in [2.45, 2.75) is 39.2 Å². The van der Waals surface area contributed by atoms with Gasteiger partial charge in [-0.15, -0.1) is 0 Å². The van der Waals surface area contributed by atoms with Gasteiger partial charge in [-0.3, -0.25) is 9.59 Å². The van der Waals surface area contributed by atoms with Gasteiger partial charge in [0, 0.05) is 24.5 Å². The van der Waals surface area contributed by atoms with Crippen molar-refractivity contribution < 1.29 is 19.1 Å². The maximum absolute atomic E-state index is 13.3. The summed E-state index contributed by atoms with van der Waals surface area (Å²) in [6, 6.07) is 14.4. The Hall–Kier alpha value is -3.55. The average molecular weight is 453 g/mol. The van der Waals surface area contributed by atoms with E-state index in [1.807, 2.05) is 43.3 Å². The number of amides is 3. The molecule has 0 aliphatic carbocycles. The molecule has 3 amide bonds. The van der Waals surface area contributed by atoms with Crippen LogP contribution < -0.4 is 20.9 Å². The molecule has 1 aliphatic rings. The third kappa shape index (κ3) is 6.97. The molecule has 1 saturated heterocycles. The van der Waals surface area contributed by atoms with Crippen LogP contribution in [-0.4, -0.2) is 44.1 Å². The van der Waals surface area contributed by atoms with Crippen LogP contribution in [-0.2, 0) is 9.53 Å². The number of carbonyl (C=O) groups excluding carboxylic acids is 3. The van der Waals surface area contributed by atoms with Crippen LogP contribution in [0.3, 0.4) is 0 Å². The van der Waals surface area contributed by atoms with E-state index in [0.29, 0.717) is 11.3 Å². The first-order valence-corrected chi connectivity index (χ1v) is 11.4. The van der Waals surface area contributed by atoms with Crippen LogP contribution in [0, 0.1) is 0 Å². The number of urea groups is 1. The molecule has 176 valence electrons. The van der Waals surface area contributed by atoms with Crippen LogP contribution in [0.25, 0.3) is 0 Å². The Balaban J connectivity index is 1.76. The number of ether oxygens (including phenoxy) is 1. The van der Waals surface area contributed by atoms with E-state index < -0.39 is 12.0 Å². The first-order valence-electron chi connectivity index (χ1n) is 11.4. The normalized spacial score (nSPS) is 14.2. The molecule has 0 bridgehead atoms. The summed E-state index contributed by atoms with van der Waals surface area (Å²) < 4.78 is 4.81. The molecule has 0 radical (unpaired) electrons. The largest absolute Gasteiger partial charge is 0.465 e. The zero-order valence-corrected chi connectivity index (χ0v) is 19.2. The highest BCUT2D eigenvalue weighted by molar-refractivity contribution is 6.02. The van der Waals surface area contributed by atoms with Crippen molar-refractivity contribution in [1.29, 1.82) is 0 Å². The summed E-state index contributed by atoms with van der Waals surface area (Å²) in [4.78, 5) is 39.2. The minimum Gasteiger partial charge on any atom is -0.465 e. The summed E-state index contributed by atoms with van der Waals surface area (Å²) >= 11 is 0. The minimum absolute atomic E-state index is 0.169. The van der Waals surface area contributed by atoms with E-state index in [2.05, 4.69) is 20.9 Å². The topological polar surface area (TPSA) is 99.8 Å². The molecule has 3 N–H and O–H groups in total. The fraction of sp³-hybridized carbons (Fsp3) is 0.400. The summed E-state index contributed by atoms with van der Waals surface area (Å²) in [5.41, 5.74) is 2.83. The molecular weight excluding hydrogens is 420 g/mol. The number of nitrogens with zero attached hydrogens (tertiary/aromatic N) is 1. The molecule has 1 heterocycles. The van der Waals surface area contributed by atoms with E-state index in [9.17, 15) is 14.4 Å². The van der Waals surface area contributed by atoms with Gasteiger partial charge in [-0.1, -0.05) is 30.3 Å². The highest BCUT2D eigenvalue weighted by atomic mass is 16.5. The van der Waals surface area contributed by atoms with Crippen molar-refractivity contribution in [3.63, 3.8) is 0 Å². The molecule has 2 aromatic carbocycles. The maximum Gasteiger partial charge on any atom is 0.325 e. The maximum atomic E-state index is 13.3. The Morgan fingerprint density at radius 3 is 2.45 bits per heavy atom. The average Bonchev–Trinajstić information content (AvgIpc) is 2.84. The fourth-order valence-corrected chi connectivity index (χ4v) is 3.85. The van der Waals surface area contributed by atoms with Crippen LogP contribution in [0.15, 0.2) is 48.5 Å². The van der Waals surface area contributed by atoms with E-state index in [4.69, 9.17) is 4.74 Å². The molecule has 1 aliphatic heterocycles. The highest BCUT2D eigenvalue weighted by Gasteiger charge is 2.21. The van der Waals surface area contributed by atoms with Crippen molar-refractivity contribution >= 4 is 29.3 Å². The molecule has 1 unspecified atom stereocenters. The number of piperidine rings is 1. The van der Waals surface area contributed by atoms with Gasteiger partial charge in [-0.25, -0.2) is 4.79 Å². The van der Waals surface area contributed by atoms with E-state index in [1.54, 1.807) is 19.1 Å². The molecule has 0 spiro atoms. The number of esters is 1. The third-order valence-electron chi connectivity index (χ3n) is 5.54. The molecule has 8 heteroatoms. The number of carbonyl (C=O) groups is 3. The number of benzene rings is 2. The smallest absolute Gasteiger partial charge is 0.325 e. The zero-order valence-electron chi connectivity index (χ0n) is 19.2. The number of nitrogens with one attached hydrogen (secondary N) is 3. The Morgan fingerprint density at radius 2 is 1.76 bits per heavy atom. The van der Waals surface area contributed by atoms with E-state index in [1.165, 1.54) is 6.42 Å². The van der Waals surface area contributed by atoms with Crippen molar-refractivity contribution in [3.8, 4) is 0 Å². The lowest BCUT2D eigenvalue weighted by molar-refractivity contribution is -0.141. The number of rotatable bonds is 8. The van der Waals surface area contributed by atoms with Crippen LogP contribution in [0.5, 0.6) is 0 Å². The summed E-state index contributed by atoms with van der Waals surface area (Å²) in [5.74, 6) is -0.717. The van der Waals surface area contributed by atoms with Gasteiger partial charge in [0.2, 0.25) is 0 Å². The SMILES string of the molecule is CCOC(=O)CNC(=O)Nc1ccc(N2CCCCC2)c(C(=O)NC(C)c2ccccc2)c1. The summed E-state index contributed by atoms with van der Waals surface area (Å²) in [5, 5.41) is 8.23. The van der Waals surface area contributed by atoms with Gasteiger partial charge in [0.25, 0.3) is 5.91 Å². The van der Waals surface area contributed by atoms with Crippen molar-refractivity contribution in [3.05, 3.63) is 59.7 Å². The Kier molecular flexibility index (Phi) is 8.69. The Morgan fingerprint density at radius 1 is 1.03 bits per heavy atom. The van der Waals surface area contributed by atoms with Crippen molar-refractivity contribution in [1.82, 2.24) is 10.6 Å². The number of hydrogen-bond acceptors (Lipinski definition) is 5. The second kappa shape index (κ2) is 11.9. The second-order valence-electron chi connectivity index (χ2n) is 8.00. The van der Waals surface area contributed by atoms with Crippen molar-refractivity contribution in [2.24, 2.45) is 0 Å². The van der Waals surface area contributed by atoms with Crippen LogP contribution in [0.2, 0.25) is 0 Å². The Bertz CT molecular complexity index is 958. The molecule has 1 atom stereocenters. The van der Waals surface area contributed by atoms with E-state index in [-0.39, 0.29) is 25.1 Å². The van der Waals surface area contributed by atoms with Gasteiger partial charge in [-0.2, -0.15) is 0 Å².